The summed E-state index contributed by atoms with van der Waals surface area (Å²) in [6.07, 6.45) is 0. The molecular weight excluding hydrogens is 200 g/mol. The van der Waals surface area contributed by atoms with Gasteiger partial charge in [0.1, 0.15) is 0 Å². The van der Waals surface area contributed by atoms with E-state index in [4.69, 9.17) is 10.4 Å². The Bertz CT molecular complexity index is 415. The molecule has 0 radical (unpaired) electrons. The van der Waals surface area contributed by atoms with Crippen LogP contribution in [0, 0.1) is 0 Å². The van der Waals surface area contributed by atoms with E-state index in [1.807, 2.05) is 0 Å². The van der Waals surface area contributed by atoms with Gasteiger partial charge in [0.05, 0.1) is 5.71 Å². The van der Waals surface area contributed by atoms with Crippen molar-refractivity contribution in [3.05, 3.63) is 29.3 Å². The third-order valence-electron chi connectivity index (χ3n) is 1.89. The second kappa shape index (κ2) is 4.43. The molecule has 0 spiro atoms. The van der Waals surface area contributed by atoms with E-state index >= 15 is 0 Å². The molecule has 6 heteroatoms. The summed E-state index contributed by atoms with van der Waals surface area (Å²) in [7, 11) is 0. The predicted molar refractivity (Wildman–Crippen MR) is 49.1 cm³/mol. The Morgan fingerprint density at radius 1 is 1.53 bits per heavy atom. The number of oxime groups is 1. The first-order valence-corrected chi connectivity index (χ1v) is 4.04. The van der Waals surface area contributed by atoms with Crippen molar-refractivity contribution in [3.63, 3.8) is 0 Å². The lowest BCUT2D eigenvalue weighted by molar-refractivity contribution is -0.268. The van der Waals surface area contributed by atoms with Crippen LogP contribution in [0.4, 0.5) is 0 Å². The third kappa shape index (κ3) is 2.23. The molecule has 3 N–H and O–H groups in total. The van der Waals surface area contributed by atoms with Crippen LogP contribution in [0.25, 0.3) is 0 Å². The molecule has 0 heterocycles. The number of amides is 1. The van der Waals surface area contributed by atoms with Crippen molar-refractivity contribution in [1.29, 1.82) is 0 Å². The zero-order valence-electron chi connectivity index (χ0n) is 7.89. The van der Waals surface area contributed by atoms with E-state index in [0.717, 1.165) is 6.07 Å². The molecule has 1 aromatic rings. The van der Waals surface area contributed by atoms with Crippen LogP contribution in [0.5, 0.6) is 5.75 Å². The number of carbonyl (C=O) groups is 1. The number of hydrogen-bond acceptors (Lipinski definition) is 5. The fraction of sp³-hybridized carbons (Fsp3) is 0.111. The number of rotatable bonds is 2. The van der Waals surface area contributed by atoms with Crippen LogP contribution in [-0.2, 0) is 0 Å². The lowest BCUT2D eigenvalue weighted by Crippen LogP contribution is -2.20. The summed E-state index contributed by atoms with van der Waals surface area (Å²) in [5.41, 5.74) is 1.85. The van der Waals surface area contributed by atoms with Crippen LogP contribution < -0.4 is 10.6 Å². The Morgan fingerprint density at radius 3 is 2.73 bits per heavy atom. The second-order valence-corrected chi connectivity index (χ2v) is 2.84. The summed E-state index contributed by atoms with van der Waals surface area (Å²) >= 11 is 0. The van der Waals surface area contributed by atoms with Crippen LogP contribution in [0.2, 0.25) is 0 Å². The molecule has 0 aliphatic carbocycles. The van der Waals surface area contributed by atoms with E-state index < -0.39 is 11.7 Å². The van der Waals surface area contributed by atoms with Gasteiger partial charge in [-0.2, -0.15) is 0 Å². The van der Waals surface area contributed by atoms with E-state index in [1.165, 1.54) is 24.5 Å². The quantitative estimate of drug-likeness (QED) is 0.277. The van der Waals surface area contributed by atoms with Gasteiger partial charge in [0, 0.05) is 5.56 Å². The first-order valence-electron chi connectivity index (χ1n) is 4.04. The molecule has 1 rings (SSSR count). The molecule has 0 saturated carbocycles. The zero-order valence-corrected chi connectivity index (χ0v) is 7.89. The summed E-state index contributed by atoms with van der Waals surface area (Å²) in [4.78, 5) is 11.0. The molecule has 6 nitrogen and oxygen atoms in total. The Labute approximate surface area is 85.4 Å². The monoisotopic (exact) mass is 209 g/mol. The number of benzene rings is 1. The normalized spacial score (nSPS) is 11.2. The maximum absolute atomic E-state index is 11.2. The van der Waals surface area contributed by atoms with Crippen molar-refractivity contribution >= 4 is 11.6 Å². The summed E-state index contributed by atoms with van der Waals surface area (Å²) in [6, 6.07) is 3.82. The molecule has 0 fully saturated rings. The minimum atomic E-state index is -0.896. The van der Waals surface area contributed by atoms with Gasteiger partial charge in [0.25, 0.3) is 5.91 Å². The van der Waals surface area contributed by atoms with Gasteiger partial charge in [-0.25, -0.2) is 5.48 Å². The van der Waals surface area contributed by atoms with Gasteiger partial charge in [-0.1, -0.05) is 23.0 Å². The van der Waals surface area contributed by atoms with Gasteiger partial charge in [0.2, 0.25) is 0 Å². The molecule has 1 amide bonds. The summed E-state index contributed by atoms with van der Waals surface area (Å²) in [5, 5.41) is 31.0. The van der Waals surface area contributed by atoms with Crippen LogP contribution in [0.1, 0.15) is 22.8 Å². The van der Waals surface area contributed by atoms with Crippen molar-refractivity contribution in [3.8, 4) is 5.75 Å². The lowest BCUT2D eigenvalue weighted by atomic mass is 10.1. The Hall–Kier alpha value is -2.08. The summed E-state index contributed by atoms with van der Waals surface area (Å²) < 4.78 is 0. The first-order chi connectivity index (χ1) is 7.10. The molecule has 80 valence electrons. The topological polar surface area (TPSA) is 105 Å². The fourth-order valence-corrected chi connectivity index (χ4v) is 1.05. The van der Waals surface area contributed by atoms with Gasteiger partial charge < -0.3 is 10.3 Å². The largest absolute Gasteiger partial charge is 0.872 e. The van der Waals surface area contributed by atoms with Gasteiger partial charge >= 0.3 is 0 Å². The highest BCUT2D eigenvalue weighted by molar-refractivity contribution is 6.02. The van der Waals surface area contributed by atoms with Crippen LogP contribution in [0.3, 0.4) is 0 Å². The molecule has 15 heavy (non-hydrogen) atoms. The number of hydrogen-bond donors (Lipinski definition) is 3. The van der Waals surface area contributed by atoms with Crippen molar-refractivity contribution in [2.24, 2.45) is 5.16 Å². The molecular formula is C9H9N2O4-. The average molecular weight is 209 g/mol. The molecule has 0 aromatic heterocycles. The zero-order chi connectivity index (χ0) is 11.4. The predicted octanol–water partition coefficient (Wildman–Crippen LogP) is 0.0774. The minimum Gasteiger partial charge on any atom is -0.872 e. The van der Waals surface area contributed by atoms with Gasteiger partial charge in [-0.15, -0.1) is 0 Å². The highest BCUT2D eigenvalue weighted by Crippen LogP contribution is 2.16. The SMILES string of the molecule is C/C(=N/O)c1ccc([O-])c(C(=O)NO)c1. The van der Waals surface area contributed by atoms with Crippen LogP contribution >= 0.6 is 0 Å². The molecule has 1 aromatic carbocycles. The molecule has 0 bridgehead atoms. The van der Waals surface area contributed by atoms with Gasteiger partial charge in [0.15, 0.2) is 0 Å². The third-order valence-corrected chi connectivity index (χ3v) is 1.89. The second-order valence-electron chi connectivity index (χ2n) is 2.84. The van der Waals surface area contributed by atoms with Gasteiger partial charge in [-0.05, 0) is 18.6 Å². The van der Waals surface area contributed by atoms with Crippen molar-refractivity contribution in [2.75, 3.05) is 0 Å². The standard InChI is InChI=1S/C9H10N2O4/c1-5(10-14)6-2-3-8(12)7(4-6)9(13)11-15/h2-4,12,14-15H,1H3,(H,11,13)/p-1/b10-5-. The maximum atomic E-state index is 11.2. The number of nitrogens with one attached hydrogen (secondary N) is 1. The Kier molecular flexibility index (Phi) is 3.25. The van der Waals surface area contributed by atoms with Crippen molar-refractivity contribution < 1.29 is 20.3 Å². The number of hydroxylamine groups is 1. The molecule has 0 unspecified atom stereocenters. The fourth-order valence-electron chi connectivity index (χ4n) is 1.05. The van der Waals surface area contributed by atoms with E-state index in [2.05, 4.69) is 5.16 Å². The van der Waals surface area contributed by atoms with E-state index in [-0.39, 0.29) is 11.3 Å². The maximum Gasteiger partial charge on any atom is 0.274 e. The van der Waals surface area contributed by atoms with Gasteiger partial charge in [-0.3, -0.25) is 10.0 Å². The summed E-state index contributed by atoms with van der Waals surface area (Å²) in [6.45, 7) is 1.51. The van der Waals surface area contributed by atoms with Crippen molar-refractivity contribution in [2.45, 2.75) is 6.92 Å². The molecule has 0 saturated heterocycles. The lowest BCUT2D eigenvalue weighted by Gasteiger charge is -2.12. The molecule has 0 aliphatic rings. The Balaban J connectivity index is 3.22. The van der Waals surface area contributed by atoms with E-state index in [9.17, 15) is 9.90 Å². The van der Waals surface area contributed by atoms with E-state index in [1.54, 1.807) is 0 Å². The summed E-state index contributed by atoms with van der Waals surface area (Å²) in [5.74, 6) is -1.41. The highest BCUT2D eigenvalue weighted by atomic mass is 16.5. The van der Waals surface area contributed by atoms with E-state index in [0.29, 0.717) is 5.56 Å². The van der Waals surface area contributed by atoms with Crippen LogP contribution in [-0.4, -0.2) is 22.0 Å². The smallest absolute Gasteiger partial charge is 0.274 e. The van der Waals surface area contributed by atoms with Crippen molar-refractivity contribution in [1.82, 2.24) is 5.48 Å². The molecule has 0 atom stereocenters. The number of nitrogens with zero attached hydrogens (tertiary/aromatic N) is 1. The molecule has 0 aliphatic heterocycles. The highest BCUT2D eigenvalue weighted by Gasteiger charge is 2.07. The van der Waals surface area contributed by atoms with Crippen LogP contribution in [0.15, 0.2) is 23.4 Å². The Morgan fingerprint density at radius 2 is 2.20 bits per heavy atom. The number of carbonyl (C=O) groups excluding carboxylic acids is 1. The average Bonchev–Trinajstić information content (AvgIpc) is 2.27. The minimum absolute atomic E-state index is 0.210. The first kappa shape index (κ1) is 11.0.